The second kappa shape index (κ2) is 10.3. The zero-order valence-electron chi connectivity index (χ0n) is 19.2. The van der Waals surface area contributed by atoms with Gasteiger partial charge in [0.15, 0.2) is 0 Å². The quantitative estimate of drug-likeness (QED) is 0.540. The second-order valence-corrected chi connectivity index (χ2v) is 9.88. The number of halogens is 1. The maximum absolute atomic E-state index is 15.0. The highest BCUT2D eigenvalue weighted by atomic mass is 19.1. The number of benzene rings is 2. The van der Waals surface area contributed by atoms with Crippen LogP contribution in [-0.4, -0.2) is 19.1 Å². The lowest BCUT2D eigenvalue weighted by Gasteiger charge is -2.32. The number of hydrogen-bond acceptors (Lipinski definition) is 2. The molecule has 0 saturated heterocycles. The molecule has 0 amide bonds. The van der Waals surface area contributed by atoms with E-state index in [1.54, 1.807) is 6.07 Å². The SMILES string of the molecule is CCC(N)C1CCC(c2ccc(-c3ccc(C4CCC(NC)CC4)cc3F)cc2)CC1. The topological polar surface area (TPSA) is 38.0 Å². The summed E-state index contributed by atoms with van der Waals surface area (Å²) in [5.74, 6) is 1.71. The van der Waals surface area contributed by atoms with Gasteiger partial charge in [0, 0.05) is 17.6 Å². The summed E-state index contributed by atoms with van der Waals surface area (Å²) in [6.45, 7) is 2.19. The molecule has 0 bridgehead atoms. The minimum Gasteiger partial charge on any atom is -0.327 e. The summed E-state index contributed by atoms with van der Waals surface area (Å²) in [7, 11) is 2.04. The van der Waals surface area contributed by atoms with Crippen LogP contribution in [-0.2, 0) is 0 Å². The van der Waals surface area contributed by atoms with Gasteiger partial charge in [-0.25, -0.2) is 4.39 Å². The largest absolute Gasteiger partial charge is 0.327 e. The van der Waals surface area contributed by atoms with Gasteiger partial charge in [-0.1, -0.05) is 43.3 Å². The normalized spacial score (nSPS) is 27.7. The van der Waals surface area contributed by atoms with Crippen molar-refractivity contribution >= 4 is 0 Å². The first-order valence-corrected chi connectivity index (χ1v) is 12.4. The van der Waals surface area contributed by atoms with E-state index in [2.05, 4.69) is 42.6 Å². The van der Waals surface area contributed by atoms with Crippen molar-refractivity contribution in [1.29, 1.82) is 0 Å². The van der Waals surface area contributed by atoms with Crippen molar-refractivity contribution in [3.8, 4) is 11.1 Å². The fourth-order valence-corrected chi connectivity index (χ4v) is 5.88. The fraction of sp³-hybridized carbons (Fsp3) is 0.571. The maximum Gasteiger partial charge on any atom is 0.131 e. The maximum atomic E-state index is 15.0. The molecule has 0 aliphatic heterocycles. The molecule has 2 saturated carbocycles. The van der Waals surface area contributed by atoms with Crippen LogP contribution in [0.2, 0.25) is 0 Å². The van der Waals surface area contributed by atoms with Gasteiger partial charge in [-0.3, -0.25) is 0 Å². The molecule has 2 aromatic rings. The van der Waals surface area contributed by atoms with Crippen molar-refractivity contribution in [1.82, 2.24) is 5.32 Å². The van der Waals surface area contributed by atoms with E-state index >= 15 is 4.39 Å². The molecular weight excluding hydrogens is 383 g/mol. The summed E-state index contributed by atoms with van der Waals surface area (Å²) in [5, 5.41) is 3.38. The average Bonchev–Trinajstić information content (AvgIpc) is 2.84. The van der Waals surface area contributed by atoms with Gasteiger partial charge in [0.2, 0.25) is 0 Å². The first kappa shape index (κ1) is 22.5. The summed E-state index contributed by atoms with van der Waals surface area (Å²) in [4.78, 5) is 0. The molecule has 0 radical (unpaired) electrons. The van der Waals surface area contributed by atoms with Gasteiger partial charge in [0.05, 0.1) is 0 Å². The van der Waals surface area contributed by atoms with Gasteiger partial charge in [-0.15, -0.1) is 0 Å². The second-order valence-electron chi connectivity index (χ2n) is 9.88. The van der Waals surface area contributed by atoms with Gasteiger partial charge in [-0.2, -0.15) is 0 Å². The van der Waals surface area contributed by atoms with Crippen LogP contribution < -0.4 is 11.1 Å². The molecule has 168 valence electrons. The lowest BCUT2D eigenvalue weighted by Crippen LogP contribution is -2.32. The van der Waals surface area contributed by atoms with Crippen LogP contribution in [0.1, 0.15) is 87.7 Å². The molecule has 2 aliphatic rings. The molecule has 0 aromatic heterocycles. The van der Waals surface area contributed by atoms with Crippen LogP contribution in [0.5, 0.6) is 0 Å². The molecule has 31 heavy (non-hydrogen) atoms. The highest BCUT2D eigenvalue weighted by molar-refractivity contribution is 5.65. The van der Waals surface area contributed by atoms with Crippen LogP contribution in [0.25, 0.3) is 11.1 Å². The lowest BCUT2D eigenvalue weighted by molar-refractivity contribution is 0.277. The monoisotopic (exact) mass is 422 g/mol. The first-order chi connectivity index (χ1) is 15.1. The predicted molar refractivity (Wildman–Crippen MR) is 129 cm³/mol. The van der Waals surface area contributed by atoms with E-state index < -0.39 is 0 Å². The Labute approximate surface area is 187 Å². The number of hydrogen-bond donors (Lipinski definition) is 2. The first-order valence-electron chi connectivity index (χ1n) is 12.4. The molecule has 3 heteroatoms. The Morgan fingerprint density at radius 2 is 1.45 bits per heavy atom. The van der Waals surface area contributed by atoms with E-state index in [0.29, 0.717) is 29.8 Å². The zero-order chi connectivity index (χ0) is 21.8. The van der Waals surface area contributed by atoms with E-state index in [-0.39, 0.29) is 5.82 Å². The van der Waals surface area contributed by atoms with Crippen molar-refractivity contribution < 1.29 is 4.39 Å². The molecule has 3 N–H and O–H groups in total. The molecule has 2 nitrogen and oxygen atoms in total. The Hall–Kier alpha value is -1.71. The molecule has 2 aliphatic carbocycles. The summed E-state index contributed by atoms with van der Waals surface area (Å²) in [6, 6.07) is 15.5. The Bertz CT molecular complexity index is 831. The van der Waals surface area contributed by atoms with Crippen LogP contribution in [0.4, 0.5) is 4.39 Å². The number of rotatable bonds is 6. The minimum atomic E-state index is -0.0879. The summed E-state index contributed by atoms with van der Waals surface area (Å²) >= 11 is 0. The third kappa shape index (κ3) is 5.21. The number of nitrogens with one attached hydrogen (secondary N) is 1. The average molecular weight is 423 g/mol. The van der Waals surface area contributed by atoms with E-state index in [4.69, 9.17) is 5.73 Å². The summed E-state index contributed by atoms with van der Waals surface area (Å²) in [5.41, 5.74) is 10.5. The van der Waals surface area contributed by atoms with Crippen LogP contribution in [0, 0.1) is 11.7 Å². The molecule has 2 fully saturated rings. The number of nitrogens with two attached hydrogens (primary N) is 1. The molecule has 4 rings (SSSR count). The Balaban J connectivity index is 1.40. The highest BCUT2D eigenvalue weighted by Gasteiger charge is 2.26. The zero-order valence-corrected chi connectivity index (χ0v) is 19.2. The molecule has 0 spiro atoms. The molecule has 1 unspecified atom stereocenters. The van der Waals surface area contributed by atoms with E-state index in [0.717, 1.165) is 36.0 Å². The van der Waals surface area contributed by atoms with Crippen molar-refractivity contribution in [2.45, 2.75) is 88.6 Å². The summed E-state index contributed by atoms with van der Waals surface area (Å²) < 4.78 is 15.0. The van der Waals surface area contributed by atoms with Crippen molar-refractivity contribution in [3.05, 3.63) is 59.4 Å². The molecule has 2 aromatic carbocycles. The van der Waals surface area contributed by atoms with Crippen LogP contribution in [0.3, 0.4) is 0 Å². The van der Waals surface area contributed by atoms with Gasteiger partial charge in [-0.05, 0) is 105 Å². The Morgan fingerprint density at radius 1 is 0.871 bits per heavy atom. The van der Waals surface area contributed by atoms with Crippen molar-refractivity contribution in [2.75, 3.05) is 7.05 Å². The van der Waals surface area contributed by atoms with Crippen molar-refractivity contribution in [3.63, 3.8) is 0 Å². The van der Waals surface area contributed by atoms with Crippen molar-refractivity contribution in [2.24, 2.45) is 11.7 Å². The smallest absolute Gasteiger partial charge is 0.131 e. The Kier molecular flexibility index (Phi) is 7.45. The fourth-order valence-electron chi connectivity index (χ4n) is 5.88. The summed E-state index contributed by atoms with van der Waals surface area (Å²) in [6.07, 6.45) is 10.6. The third-order valence-electron chi connectivity index (χ3n) is 8.14. The van der Waals surface area contributed by atoms with Gasteiger partial charge in [0.25, 0.3) is 0 Å². The van der Waals surface area contributed by atoms with E-state index in [1.807, 2.05) is 13.1 Å². The van der Waals surface area contributed by atoms with Crippen LogP contribution >= 0.6 is 0 Å². The van der Waals surface area contributed by atoms with E-state index in [9.17, 15) is 0 Å². The molecular formula is C28H39FN2. The highest BCUT2D eigenvalue weighted by Crippen LogP contribution is 2.38. The standard InChI is InChI=1S/C28H39FN2/c1-3-28(30)23-10-6-20(7-11-23)19-4-8-22(9-5-19)26-17-14-24(18-27(26)29)21-12-15-25(31-2)16-13-21/h4-5,8-9,14,17-18,20-21,23,25,28,31H,3,6-7,10-13,15-16,30H2,1-2H3. The van der Waals surface area contributed by atoms with Gasteiger partial charge < -0.3 is 11.1 Å². The lowest BCUT2D eigenvalue weighted by atomic mass is 9.75. The van der Waals surface area contributed by atoms with E-state index in [1.165, 1.54) is 44.1 Å². The molecule has 1 atom stereocenters. The van der Waals surface area contributed by atoms with Gasteiger partial charge >= 0.3 is 0 Å². The van der Waals surface area contributed by atoms with Gasteiger partial charge in [0.1, 0.15) is 5.82 Å². The van der Waals surface area contributed by atoms with Crippen LogP contribution in [0.15, 0.2) is 42.5 Å². The predicted octanol–water partition coefficient (Wildman–Crippen LogP) is 6.75. The minimum absolute atomic E-state index is 0.0879. The third-order valence-corrected chi connectivity index (χ3v) is 8.14. The molecule has 0 heterocycles. The Morgan fingerprint density at radius 3 is 2.03 bits per heavy atom.